The van der Waals surface area contributed by atoms with Crippen LogP contribution in [0.25, 0.3) is 0 Å². The molecule has 0 saturated heterocycles. The number of carboxylic acid groups (broad SMARTS) is 1. The Labute approximate surface area is 257 Å². The fraction of sp³-hybridized carbons (Fsp3) is 0.379. The smallest absolute Gasteiger partial charge is 0.414 e. The van der Waals surface area contributed by atoms with Crippen molar-refractivity contribution in [2.75, 3.05) is 37.1 Å². The molecule has 3 rings (SSSR count). The predicted octanol–water partition coefficient (Wildman–Crippen LogP) is 4.55. The molecule has 12 nitrogen and oxygen atoms in total. The Morgan fingerprint density at radius 1 is 0.977 bits per heavy atom. The molecule has 0 spiro atoms. The number of halogens is 1. The van der Waals surface area contributed by atoms with Crippen LogP contribution in [0.4, 0.5) is 16.6 Å². The number of hydrogen-bond acceptors (Lipinski definition) is 9. The van der Waals surface area contributed by atoms with E-state index < -0.39 is 34.2 Å². The molecule has 43 heavy (non-hydrogen) atoms. The zero-order chi connectivity index (χ0) is 31.9. The van der Waals surface area contributed by atoms with Gasteiger partial charge in [-0.15, -0.1) is 4.41 Å². The van der Waals surface area contributed by atoms with Crippen molar-refractivity contribution >= 4 is 45.5 Å². The van der Waals surface area contributed by atoms with E-state index in [1.54, 1.807) is 52.2 Å². The number of aromatic nitrogens is 2. The van der Waals surface area contributed by atoms with E-state index in [0.29, 0.717) is 29.6 Å². The summed E-state index contributed by atoms with van der Waals surface area (Å²) in [5.74, 6) is -0.577. The molecular formula is C29H37ClN6O6S. The van der Waals surface area contributed by atoms with Crippen LogP contribution in [0.15, 0.2) is 65.7 Å². The SMILES string of the molecule is CCN(CC)c1nccc(N(C(Cc2ccc(OC(=O)N(C)C)cc2)C(=O)O)N(C(C)C)S(=O)(=O)c2ccc(Cl)cc2)n1. The third-order valence-corrected chi connectivity index (χ3v) is 8.63. The summed E-state index contributed by atoms with van der Waals surface area (Å²) in [4.78, 5) is 37.0. The summed E-state index contributed by atoms with van der Waals surface area (Å²) in [6, 6.07) is 11.4. The molecule has 232 valence electrons. The molecule has 1 atom stereocenters. The highest BCUT2D eigenvalue weighted by molar-refractivity contribution is 7.89. The largest absolute Gasteiger partial charge is 0.480 e. The molecule has 0 saturated carbocycles. The third kappa shape index (κ3) is 8.12. The number of rotatable bonds is 13. The number of carboxylic acids is 1. The summed E-state index contributed by atoms with van der Waals surface area (Å²) in [5.41, 5.74) is 0.563. The fourth-order valence-corrected chi connectivity index (χ4v) is 6.07. The van der Waals surface area contributed by atoms with E-state index in [1.165, 1.54) is 46.4 Å². The van der Waals surface area contributed by atoms with E-state index >= 15 is 0 Å². The molecule has 1 amide bonds. The van der Waals surface area contributed by atoms with Crippen LogP contribution in [0.2, 0.25) is 5.02 Å². The highest BCUT2D eigenvalue weighted by atomic mass is 35.5. The van der Waals surface area contributed by atoms with Crippen LogP contribution in [0.1, 0.15) is 33.3 Å². The molecule has 1 heterocycles. The van der Waals surface area contributed by atoms with Gasteiger partial charge in [0, 0.05) is 56.9 Å². The van der Waals surface area contributed by atoms with Gasteiger partial charge in [-0.2, -0.15) is 4.98 Å². The van der Waals surface area contributed by atoms with Crippen molar-refractivity contribution in [2.45, 2.75) is 51.1 Å². The van der Waals surface area contributed by atoms with Gasteiger partial charge in [0.2, 0.25) is 5.95 Å². The van der Waals surface area contributed by atoms with Crippen molar-refractivity contribution in [2.24, 2.45) is 0 Å². The van der Waals surface area contributed by atoms with Crippen LogP contribution in [0.3, 0.4) is 0 Å². The molecule has 1 N–H and O–H groups in total. The van der Waals surface area contributed by atoms with Gasteiger partial charge in [0.05, 0.1) is 4.90 Å². The summed E-state index contributed by atoms with van der Waals surface area (Å²) < 4.78 is 34.6. The standard InChI is InChI=1S/C29H37ClN6O6S/c1-7-34(8-2)28-31-18-17-26(32-28)35(36(20(3)4)43(40,41)24-15-11-22(30)12-16-24)25(27(37)38)19-21-9-13-23(14-10-21)42-29(39)33(5)6/h9-18,20,25H,7-8,19H2,1-6H3,(H,37,38). The predicted molar refractivity (Wildman–Crippen MR) is 165 cm³/mol. The number of carbonyl (C=O) groups is 2. The van der Waals surface area contributed by atoms with Crippen LogP contribution in [-0.4, -0.2) is 84.1 Å². The quantitative estimate of drug-likeness (QED) is 0.267. The molecule has 1 unspecified atom stereocenters. The minimum atomic E-state index is -4.31. The molecule has 14 heteroatoms. The number of anilines is 2. The highest BCUT2D eigenvalue weighted by Gasteiger charge is 2.40. The summed E-state index contributed by atoms with van der Waals surface area (Å²) in [6.07, 6.45) is 0.805. The number of aliphatic carboxylic acids is 1. The first-order chi connectivity index (χ1) is 20.3. The summed E-state index contributed by atoms with van der Waals surface area (Å²) in [6.45, 7) is 8.35. The minimum Gasteiger partial charge on any atom is -0.480 e. The molecule has 3 aromatic rings. The van der Waals surface area contributed by atoms with E-state index in [2.05, 4.69) is 9.97 Å². The van der Waals surface area contributed by atoms with Gasteiger partial charge >= 0.3 is 12.1 Å². The average Bonchev–Trinajstić information content (AvgIpc) is 2.96. The number of hydrogen-bond donors (Lipinski definition) is 1. The summed E-state index contributed by atoms with van der Waals surface area (Å²) >= 11 is 6.03. The van der Waals surface area contributed by atoms with Crippen LogP contribution in [0.5, 0.6) is 5.75 Å². The molecule has 0 aliphatic rings. The van der Waals surface area contributed by atoms with Gasteiger partial charge in [0.25, 0.3) is 10.0 Å². The average molecular weight is 633 g/mol. The minimum absolute atomic E-state index is 0.0650. The first kappa shape index (κ1) is 33.6. The monoisotopic (exact) mass is 632 g/mol. The normalized spacial score (nSPS) is 12.2. The lowest BCUT2D eigenvalue weighted by Gasteiger charge is -2.41. The Balaban J connectivity index is 2.17. The summed E-state index contributed by atoms with van der Waals surface area (Å²) in [5, 5.41) is 12.1. The molecule has 0 bridgehead atoms. The lowest BCUT2D eigenvalue weighted by Crippen LogP contribution is -2.58. The molecule has 0 fully saturated rings. The van der Waals surface area contributed by atoms with E-state index in [9.17, 15) is 23.1 Å². The lowest BCUT2D eigenvalue weighted by molar-refractivity contribution is -0.139. The fourth-order valence-electron chi connectivity index (χ4n) is 4.27. The molecule has 0 aliphatic heterocycles. The number of hydrazine groups is 1. The Bertz CT molecular complexity index is 1500. The van der Waals surface area contributed by atoms with Gasteiger partial charge in [-0.25, -0.2) is 23.0 Å². The van der Waals surface area contributed by atoms with Crippen molar-refractivity contribution in [3.05, 3.63) is 71.4 Å². The Kier molecular flexibility index (Phi) is 11.3. The van der Waals surface area contributed by atoms with E-state index in [-0.39, 0.29) is 22.9 Å². The van der Waals surface area contributed by atoms with Gasteiger partial charge in [0.15, 0.2) is 0 Å². The van der Waals surface area contributed by atoms with Crippen molar-refractivity contribution in [3.8, 4) is 5.75 Å². The van der Waals surface area contributed by atoms with Gasteiger partial charge in [-0.1, -0.05) is 23.7 Å². The first-order valence-corrected chi connectivity index (χ1v) is 15.5. The number of amides is 1. The molecule has 0 aliphatic carbocycles. The molecule has 0 radical (unpaired) electrons. The highest BCUT2D eigenvalue weighted by Crippen LogP contribution is 2.30. The van der Waals surface area contributed by atoms with E-state index in [1.807, 2.05) is 18.7 Å². The molecule has 1 aromatic heterocycles. The topological polar surface area (TPSA) is 136 Å². The second kappa shape index (κ2) is 14.5. The van der Waals surface area contributed by atoms with E-state index in [4.69, 9.17) is 16.3 Å². The van der Waals surface area contributed by atoms with Crippen LogP contribution >= 0.6 is 11.6 Å². The first-order valence-electron chi connectivity index (χ1n) is 13.7. The van der Waals surface area contributed by atoms with Crippen LogP contribution in [-0.2, 0) is 21.2 Å². The lowest BCUT2D eigenvalue weighted by atomic mass is 10.1. The number of sulfonamides is 1. The second-order valence-corrected chi connectivity index (χ2v) is 12.3. The third-order valence-electron chi connectivity index (χ3n) is 6.42. The molecule has 2 aromatic carbocycles. The zero-order valence-electron chi connectivity index (χ0n) is 25.0. The second-order valence-electron chi connectivity index (χ2n) is 10.0. The van der Waals surface area contributed by atoms with Crippen molar-refractivity contribution in [1.29, 1.82) is 0 Å². The van der Waals surface area contributed by atoms with Crippen molar-refractivity contribution in [3.63, 3.8) is 0 Å². The Morgan fingerprint density at radius 2 is 1.58 bits per heavy atom. The number of nitrogens with zero attached hydrogens (tertiary/aromatic N) is 6. The van der Waals surface area contributed by atoms with Crippen LogP contribution in [0, 0.1) is 0 Å². The number of benzene rings is 2. The van der Waals surface area contributed by atoms with Gasteiger partial charge in [-0.3, -0.25) is 5.01 Å². The van der Waals surface area contributed by atoms with Crippen molar-refractivity contribution < 1.29 is 27.9 Å². The van der Waals surface area contributed by atoms with Crippen LogP contribution < -0.4 is 14.6 Å². The summed E-state index contributed by atoms with van der Waals surface area (Å²) in [7, 11) is -1.20. The number of carbonyl (C=O) groups excluding carboxylic acids is 1. The van der Waals surface area contributed by atoms with Gasteiger partial charge in [0.1, 0.15) is 17.6 Å². The maximum atomic E-state index is 14.2. The maximum absolute atomic E-state index is 14.2. The number of ether oxygens (including phenoxy) is 1. The zero-order valence-corrected chi connectivity index (χ0v) is 26.6. The van der Waals surface area contributed by atoms with Gasteiger partial charge in [-0.05, 0) is 69.7 Å². The molecular weight excluding hydrogens is 596 g/mol. The maximum Gasteiger partial charge on any atom is 0.414 e. The Morgan fingerprint density at radius 3 is 2.09 bits per heavy atom. The van der Waals surface area contributed by atoms with E-state index in [0.717, 1.165) is 4.41 Å². The Hall–Kier alpha value is -3.94. The van der Waals surface area contributed by atoms with Crippen molar-refractivity contribution in [1.82, 2.24) is 19.3 Å². The van der Waals surface area contributed by atoms with Gasteiger partial charge < -0.3 is 19.6 Å².